The van der Waals surface area contributed by atoms with Gasteiger partial charge in [-0.25, -0.2) is 4.39 Å². The maximum absolute atomic E-state index is 12.9. The molecule has 0 aliphatic rings. The first-order valence-electron chi connectivity index (χ1n) is 5.42. The highest BCUT2D eigenvalue weighted by atomic mass is 32.2. The Morgan fingerprint density at radius 3 is 2.94 bits per heavy atom. The Morgan fingerprint density at radius 1 is 1.53 bits per heavy atom. The van der Waals surface area contributed by atoms with Crippen LogP contribution in [0, 0.1) is 5.82 Å². The van der Waals surface area contributed by atoms with Gasteiger partial charge in [0.25, 0.3) is 0 Å². The number of thioether (sulfide) groups is 1. The molecule has 0 spiro atoms. The predicted molar refractivity (Wildman–Crippen MR) is 71.1 cm³/mol. The van der Waals surface area contributed by atoms with Crippen molar-refractivity contribution in [3.63, 3.8) is 0 Å². The third kappa shape index (κ3) is 5.15. The van der Waals surface area contributed by atoms with E-state index in [2.05, 4.69) is 0 Å². The molecule has 2 N–H and O–H groups in total. The summed E-state index contributed by atoms with van der Waals surface area (Å²) in [4.78, 5) is 10.7. The van der Waals surface area contributed by atoms with Gasteiger partial charge in [0, 0.05) is 19.2 Å². The number of hydrogen-bond acceptors (Lipinski definition) is 3. The highest BCUT2D eigenvalue weighted by Crippen LogP contribution is 2.13. The van der Waals surface area contributed by atoms with Gasteiger partial charge in [0.15, 0.2) is 5.12 Å². The maximum atomic E-state index is 12.9. The van der Waals surface area contributed by atoms with E-state index in [4.69, 9.17) is 5.73 Å². The number of hydrogen-bond donors (Lipinski definition) is 1. The van der Waals surface area contributed by atoms with Crippen LogP contribution in [0.4, 0.5) is 4.39 Å². The van der Waals surface area contributed by atoms with E-state index in [9.17, 15) is 9.18 Å². The maximum Gasteiger partial charge on any atom is 0.185 e. The molecule has 0 radical (unpaired) electrons. The second kappa shape index (κ2) is 7.25. The summed E-state index contributed by atoms with van der Waals surface area (Å²) in [6.45, 7) is 1.88. The van der Waals surface area contributed by atoms with E-state index in [0.29, 0.717) is 6.54 Å². The fourth-order valence-electron chi connectivity index (χ4n) is 1.39. The van der Waals surface area contributed by atoms with Crippen molar-refractivity contribution in [2.45, 2.75) is 19.9 Å². The van der Waals surface area contributed by atoms with Crippen molar-refractivity contribution in [3.05, 3.63) is 41.2 Å². The largest absolute Gasteiger partial charge is 0.326 e. The molecule has 0 heterocycles. The second-order valence-corrected chi connectivity index (χ2v) is 4.85. The monoisotopic (exact) mass is 253 g/mol. The summed E-state index contributed by atoms with van der Waals surface area (Å²) in [7, 11) is 0. The van der Waals surface area contributed by atoms with Crippen LogP contribution in [-0.4, -0.2) is 10.9 Å². The van der Waals surface area contributed by atoms with Gasteiger partial charge in [0.1, 0.15) is 5.82 Å². The fraction of sp³-hybridized carbons (Fsp3) is 0.308. The summed E-state index contributed by atoms with van der Waals surface area (Å²) >= 11 is 1.30. The molecular weight excluding hydrogens is 237 g/mol. The predicted octanol–water partition coefficient (Wildman–Crippen LogP) is 2.97. The van der Waals surface area contributed by atoms with Crippen LogP contribution in [0.2, 0.25) is 0 Å². The zero-order chi connectivity index (χ0) is 12.7. The molecule has 92 valence electrons. The summed E-state index contributed by atoms with van der Waals surface area (Å²) in [5.74, 6) is 0.500. The van der Waals surface area contributed by atoms with Crippen molar-refractivity contribution >= 4 is 23.0 Å². The third-order valence-corrected chi connectivity index (χ3v) is 3.06. The standard InChI is InChI=1S/C13H16FNOS/c1-10(16)17-7-3-2-4-11-5-6-13(14)8-12(11)9-15/h2,4-6,8H,3,7,9,15H2,1H3. The highest BCUT2D eigenvalue weighted by Gasteiger charge is 1.99. The van der Waals surface area contributed by atoms with Crippen molar-refractivity contribution in [1.29, 1.82) is 0 Å². The molecule has 1 rings (SSSR count). The average molecular weight is 253 g/mol. The summed E-state index contributed by atoms with van der Waals surface area (Å²) in [5.41, 5.74) is 7.26. The first-order chi connectivity index (χ1) is 8.13. The van der Waals surface area contributed by atoms with Crippen molar-refractivity contribution in [3.8, 4) is 0 Å². The lowest BCUT2D eigenvalue weighted by Crippen LogP contribution is -1.99. The van der Waals surface area contributed by atoms with Crippen molar-refractivity contribution in [1.82, 2.24) is 0 Å². The van der Waals surface area contributed by atoms with Crippen LogP contribution < -0.4 is 5.73 Å². The van der Waals surface area contributed by atoms with Gasteiger partial charge < -0.3 is 5.73 Å². The number of allylic oxidation sites excluding steroid dienone is 1. The molecule has 0 amide bonds. The van der Waals surface area contributed by atoms with E-state index in [1.165, 1.54) is 23.9 Å². The fourth-order valence-corrected chi connectivity index (χ4v) is 1.94. The minimum Gasteiger partial charge on any atom is -0.326 e. The molecule has 0 aliphatic carbocycles. The first-order valence-corrected chi connectivity index (χ1v) is 6.40. The number of carbonyl (C=O) groups excluding carboxylic acids is 1. The molecule has 0 bridgehead atoms. The zero-order valence-corrected chi connectivity index (χ0v) is 10.6. The molecule has 1 aromatic rings. The van der Waals surface area contributed by atoms with Gasteiger partial charge >= 0.3 is 0 Å². The first kappa shape index (κ1) is 13.9. The van der Waals surface area contributed by atoms with Crippen molar-refractivity contribution in [2.24, 2.45) is 5.73 Å². The third-order valence-electron chi connectivity index (χ3n) is 2.21. The van der Waals surface area contributed by atoms with Gasteiger partial charge in [-0.1, -0.05) is 30.0 Å². The summed E-state index contributed by atoms with van der Waals surface area (Å²) in [5, 5.41) is 0.128. The van der Waals surface area contributed by atoms with Crippen LogP contribution in [0.3, 0.4) is 0 Å². The quantitative estimate of drug-likeness (QED) is 0.820. The summed E-state index contributed by atoms with van der Waals surface area (Å²) < 4.78 is 12.9. The van der Waals surface area contributed by atoms with Crippen LogP contribution >= 0.6 is 11.8 Å². The molecule has 4 heteroatoms. The topological polar surface area (TPSA) is 43.1 Å². The Hall–Kier alpha value is -1.13. The van der Waals surface area contributed by atoms with Crippen LogP contribution in [0.25, 0.3) is 6.08 Å². The Kier molecular flexibility index (Phi) is 5.94. The van der Waals surface area contributed by atoms with Gasteiger partial charge in [0.2, 0.25) is 0 Å². The van der Waals surface area contributed by atoms with E-state index in [-0.39, 0.29) is 10.9 Å². The minimum atomic E-state index is -0.269. The molecule has 0 saturated heterocycles. The van der Waals surface area contributed by atoms with Crippen LogP contribution in [0.15, 0.2) is 24.3 Å². The molecule has 0 saturated carbocycles. The minimum absolute atomic E-state index is 0.128. The average Bonchev–Trinajstić information content (AvgIpc) is 2.29. The molecule has 0 unspecified atom stereocenters. The number of carbonyl (C=O) groups is 1. The van der Waals surface area contributed by atoms with Crippen molar-refractivity contribution in [2.75, 3.05) is 5.75 Å². The van der Waals surface area contributed by atoms with E-state index < -0.39 is 0 Å². The molecule has 1 aromatic carbocycles. The normalized spacial score (nSPS) is 11.0. The highest BCUT2D eigenvalue weighted by molar-refractivity contribution is 8.13. The smallest absolute Gasteiger partial charge is 0.185 e. The molecule has 0 aliphatic heterocycles. The molecule has 17 heavy (non-hydrogen) atoms. The SMILES string of the molecule is CC(=O)SCCC=Cc1ccc(F)cc1CN. The lowest BCUT2D eigenvalue weighted by atomic mass is 10.1. The van der Waals surface area contributed by atoms with Crippen LogP contribution in [0.1, 0.15) is 24.5 Å². The molecular formula is C13H16FNOS. The second-order valence-electron chi connectivity index (χ2n) is 3.58. The number of nitrogens with two attached hydrogens (primary N) is 1. The summed E-state index contributed by atoms with van der Waals surface area (Å²) in [6.07, 6.45) is 4.70. The van der Waals surface area contributed by atoms with E-state index >= 15 is 0 Å². The van der Waals surface area contributed by atoms with Crippen LogP contribution in [0.5, 0.6) is 0 Å². The molecule has 2 nitrogen and oxygen atoms in total. The Morgan fingerprint density at radius 2 is 2.29 bits per heavy atom. The Bertz CT molecular complexity index is 418. The molecule has 0 atom stereocenters. The van der Waals surface area contributed by atoms with Gasteiger partial charge in [-0.05, 0) is 29.7 Å². The lowest BCUT2D eigenvalue weighted by Gasteiger charge is -2.02. The number of rotatable bonds is 5. The van der Waals surface area contributed by atoms with Gasteiger partial charge in [-0.3, -0.25) is 4.79 Å². The van der Waals surface area contributed by atoms with Gasteiger partial charge in [-0.15, -0.1) is 0 Å². The summed E-state index contributed by atoms with van der Waals surface area (Å²) in [6, 6.07) is 4.58. The van der Waals surface area contributed by atoms with E-state index in [0.717, 1.165) is 23.3 Å². The molecule has 0 fully saturated rings. The van der Waals surface area contributed by atoms with Gasteiger partial charge in [0.05, 0.1) is 0 Å². The van der Waals surface area contributed by atoms with E-state index in [1.54, 1.807) is 13.0 Å². The van der Waals surface area contributed by atoms with Crippen molar-refractivity contribution < 1.29 is 9.18 Å². The van der Waals surface area contributed by atoms with Crippen LogP contribution in [-0.2, 0) is 11.3 Å². The number of benzene rings is 1. The zero-order valence-electron chi connectivity index (χ0n) is 9.78. The van der Waals surface area contributed by atoms with E-state index in [1.807, 2.05) is 12.2 Å². The lowest BCUT2D eigenvalue weighted by molar-refractivity contribution is -0.109. The molecule has 0 aromatic heterocycles. The Balaban J connectivity index is 2.55. The van der Waals surface area contributed by atoms with Gasteiger partial charge in [-0.2, -0.15) is 0 Å². The number of halogens is 1. The Labute approximate surface area is 105 Å².